The molecule has 0 radical (unpaired) electrons. The second-order valence-corrected chi connectivity index (χ2v) is 5.01. The number of rotatable bonds is 8. The zero-order valence-corrected chi connectivity index (χ0v) is 12.7. The Kier molecular flexibility index (Phi) is 6.92. The normalized spacial score (nSPS) is 10.1. The number of hydrogen-bond donors (Lipinski definition) is 1. The van der Waals surface area contributed by atoms with E-state index in [1.807, 2.05) is 0 Å². The standard InChI is InChI=1S/C12H16BrN3O4/c1-20-11(17)5-3-2-4-6-14-12-10(16(18)19)7-9(13)8-15-12/h7-8H,2-6H2,1H3,(H,14,15). The number of carbonyl (C=O) groups excluding carboxylic acids is 1. The Morgan fingerprint density at radius 1 is 1.50 bits per heavy atom. The number of ether oxygens (including phenoxy) is 1. The Labute approximate surface area is 125 Å². The molecule has 7 nitrogen and oxygen atoms in total. The topological polar surface area (TPSA) is 94.4 Å². The summed E-state index contributed by atoms with van der Waals surface area (Å²) in [4.78, 5) is 25.3. The van der Waals surface area contributed by atoms with Crippen LogP contribution in [0.4, 0.5) is 11.5 Å². The van der Waals surface area contributed by atoms with Gasteiger partial charge in [0, 0.05) is 29.7 Å². The van der Waals surface area contributed by atoms with Crippen LogP contribution in [0.3, 0.4) is 0 Å². The number of esters is 1. The van der Waals surface area contributed by atoms with Gasteiger partial charge >= 0.3 is 11.7 Å². The average molecular weight is 346 g/mol. The molecule has 8 heteroatoms. The van der Waals surface area contributed by atoms with Crippen molar-refractivity contribution in [3.8, 4) is 0 Å². The van der Waals surface area contributed by atoms with Gasteiger partial charge in [-0.15, -0.1) is 0 Å². The van der Waals surface area contributed by atoms with Crippen molar-refractivity contribution in [3.05, 3.63) is 26.9 Å². The number of nitrogens with one attached hydrogen (secondary N) is 1. The van der Waals surface area contributed by atoms with Crippen LogP contribution in [0.2, 0.25) is 0 Å². The van der Waals surface area contributed by atoms with Crippen molar-refractivity contribution in [2.45, 2.75) is 25.7 Å². The van der Waals surface area contributed by atoms with E-state index in [1.165, 1.54) is 19.4 Å². The molecule has 1 rings (SSSR count). The van der Waals surface area contributed by atoms with E-state index in [2.05, 4.69) is 31.0 Å². The van der Waals surface area contributed by atoms with Crippen LogP contribution in [-0.2, 0) is 9.53 Å². The van der Waals surface area contributed by atoms with E-state index >= 15 is 0 Å². The van der Waals surface area contributed by atoms with Gasteiger partial charge in [-0.1, -0.05) is 6.42 Å². The maximum atomic E-state index is 10.9. The molecule has 0 saturated carbocycles. The fourth-order valence-electron chi connectivity index (χ4n) is 1.58. The van der Waals surface area contributed by atoms with Crippen molar-refractivity contribution >= 4 is 33.4 Å². The molecule has 0 amide bonds. The predicted octanol–water partition coefficient (Wildman–Crippen LogP) is 2.90. The van der Waals surface area contributed by atoms with Gasteiger partial charge in [-0.05, 0) is 28.8 Å². The average Bonchev–Trinajstić information content (AvgIpc) is 2.43. The van der Waals surface area contributed by atoms with E-state index in [0.717, 1.165) is 19.3 Å². The van der Waals surface area contributed by atoms with Gasteiger partial charge in [0.05, 0.1) is 12.0 Å². The van der Waals surface area contributed by atoms with E-state index in [9.17, 15) is 14.9 Å². The number of hydrogen-bond acceptors (Lipinski definition) is 6. The minimum atomic E-state index is -0.475. The minimum Gasteiger partial charge on any atom is -0.469 e. The van der Waals surface area contributed by atoms with Crippen molar-refractivity contribution in [2.75, 3.05) is 19.0 Å². The van der Waals surface area contributed by atoms with E-state index in [1.54, 1.807) is 0 Å². The number of anilines is 1. The van der Waals surface area contributed by atoms with Crippen molar-refractivity contribution in [2.24, 2.45) is 0 Å². The first-order valence-electron chi connectivity index (χ1n) is 6.15. The number of nitro groups is 1. The Bertz CT molecular complexity index is 482. The number of halogens is 1. The maximum Gasteiger partial charge on any atom is 0.312 e. The number of unbranched alkanes of at least 4 members (excludes halogenated alkanes) is 2. The molecule has 0 atom stereocenters. The van der Waals surface area contributed by atoms with Gasteiger partial charge in [0.15, 0.2) is 0 Å². The van der Waals surface area contributed by atoms with Gasteiger partial charge in [0.2, 0.25) is 5.82 Å². The second kappa shape index (κ2) is 8.47. The third-order valence-corrected chi connectivity index (χ3v) is 3.04. The molecule has 1 N–H and O–H groups in total. The molecule has 1 heterocycles. The molecule has 0 aliphatic rings. The van der Waals surface area contributed by atoms with Gasteiger partial charge in [-0.3, -0.25) is 14.9 Å². The van der Waals surface area contributed by atoms with Crippen LogP contribution in [0.1, 0.15) is 25.7 Å². The summed E-state index contributed by atoms with van der Waals surface area (Å²) in [5.74, 6) is 0.0364. The molecular weight excluding hydrogens is 330 g/mol. The lowest BCUT2D eigenvalue weighted by atomic mass is 10.2. The summed E-state index contributed by atoms with van der Waals surface area (Å²) >= 11 is 3.15. The Morgan fingerprint density at radius 3 is 2.90 bits per heavy atom. The van der Waals surface area contributed by atoms with Gasteiger partial charge in [-0.2, -0.15) is 0 Å². The molecule has 110 valence electrons. The lowest BCUT2D eigenvalue weighted by molar-refractivity contribution is -0.384. The van der Waals surface area contributed by atoms with E-state index in [-0.39, 0.29) is 17.5 Å². The van der Waals surface area contributed by atoms with Crippen molar-refractivity contribution < 1.29 is 14.5 Å². The van der Waals surface area contributed by atoms with Crippen LogP contribution in [0.15, 0.2) is 16.7 Å². The molecule has 0 aromatic carbocycles. The zero-order valence-electron chi connectivity index (χ0n) is 11.1. The first-order chi connectivity index (χ1) is 9.54. The Balaban J connectivity index is 2.35. The van der Waals surface area contributed by atoms with Crippen LogP contribution in [0.25, 0.3) is 0 Å². The van der Waals surface area contributed by atoms with Crippen LogP contribution in [-0.4, -0.2) is 29.5 Å². The molecule has 1 aromatic rings. The third-order valence-electron chi connectivity index (χ3n) is 2.61. The van der Waals surface area contributed by atoms with E-state index < -0.39 is 4.92 Å². The Hall–Kier alpha value is -1.70. The third kappa shape index (κ3) is 5.52. The molecule has 0 unspecified atom stereocenters. The summed E-state index contributed by atoms with van der Waals surface area (Å²) in [5, 5.41) is 13.8. The van der Waals surface area contributed by atoms with Crippen molar-refractivity contribution in [1.82, 2.24) is 4.98 Å². The summed E-state index contributed by atoms with van der Waals surface area (Å²) in [5.41, 5.74) is -0.0612. The quantitative estimate of drug-likeness (QED) is 0.337. The first-order valence-corrected chi connectivity index (χ1v) is 6.94. The molecule has 0 spiro atoms. The van der Waals surface area contributed by atoms with Crippen LogP contribution in [0, 0.1) is 10.1 Å². The largest absolute Gasteiger partial charge is 0.469 e. The molecule has 0 fully saturated rings. The second-order valence-electron chi connectivity index (χ2n) is 4.09. The first kappa shape index (κ1) is 16.4. The number of aromatic nitrogens is 1. The van der Waals surface area contributed by atoms with Gasteiger partial charge in [0.25, 0.3) is 0 Å². The SMILES string of the molecule is COC(=O)CCCCCNc1ncc(Br)cc1[N+](=O)[O-]. The van der Waals surface area contributed by atoms with Gasteiger partial charge in [-0.25, -0.2) is 4.98 Å². The smallest absolute Gasteiger partial charge is 0.312 e. The summed E-state index contributed by atoms with van der Waals surface area (Å²) in [6, 6.07) is 1.41. The fourth-order valence-corrected chi connectivity index (χ4v) is 1.90. The molecule has 1 aromatic heterocycles. The Morgan fingerprint density at radius 2 is 2.25 bits per heavy atom. The van der Waals surface area contributed by atoms with Crippen molar-refractivity contribution in [1.29, 1.82) is 0 Å². The fraction of sp³-hybridized carbons (Fsp3) is 0.500. The maximum absolute atomic E-state index is 10.9. The highest BCUT2D eigenvalue weighted by Crippen LogP contribution is 2.25. The van der Waals surface area contributed by atoms with Gasteiger partial charge in [0.1, 0.15) is 0 Å². The number of nitrogens with zero attached hydrogens (tertiary/aromatic N) is 2. The molecule has 20 heavy (non-hydrogen) atoms. The molecule has 0 aliphatic carbocycles. The molecular formula is C12H16BrN3O4. The summed E-state index contributed by atoms with van der Waals surface area (Å²) in [6.45, 7) is 0.566. The van der Waals surface area contributed by atoms with Crippen LogP contribution < -0.4 is 5.32 Å². The lowest BCUT2D eigenvalue weighted by Gasteiger charge is -2.06. The minimum absolute atomic E-state index is 0.0612. The van der Waals surface area contributed by atoms with Gasteiger partial charge < -0.3 is 10.1 Å². The highest BCUT2D eigenvalue weighted by atomic mass is 79.9. The highest BCUT2D eigenvalue weighted by molar-refractivity contribution is 9.10. The molecule has 0 aliphatic heterocycles. The molecule has 0 bridgehead atoms. The zero-order chi connectivity index (χ0) is 15.0. The number of pyridine rings is 1. The number of methoxy groups -OCH3 is 1. The van der Waals surface area contributed by atoms with Crippen LogP contribution in [0.5, 0.6) is 0 Å². The lowest BCUT2D eigenvalue weighted by Crippen LogP contribution is -2.06. The van der Waals surface area contributed by atoms with E-state index in [4.69, 9.17) is 0 Å². The van der Waals surface area contributed by atoms with E-state index in [0.29, 0.717) is 17.4 Å². The molecule has 0 saturated heterocycles. The van der Waals surface area contributed by atoms with Crippen LogP contribution >= 0.6 is 15.9 Å². The van der Waals surface area contributed by atoms with Crippen molar-refractivity contribution in [3.63, 3.8) is 0 Å². The monoisotopic (exact) mass is 345 g/mol. The summed E-state index contributed by atoms with van der Waals surface area (Å²) < 4.78 is 5.10. The number of carbonyl (C=O) groups is 1. The predicted molar refractivity (Wildman–Crippen MR) is 77.6 cm³/mol. The summed E-state index contributed by atoms with van der Waals surface area (Å²) in [6.07, 6.45) is 4.28. The highest BCUT2D eigenvalue weighted by Gasteiger charge is 2.15. The summed E-state index contributed by atoms with van der Waals surface area (Å²) in [7, 11) is 1.36.